The molecule has 0 aliphatic rings. The number of rotatable bonds is 4. The van der Waals surface area contributed by atoms with Crippen LogP contribution in [0.2, 0.25) is 0 Å². The van der Waals surface area contributed by atoms with Crippen LogP contribution in [0.1, 0.15) is 24.2 Å². The second kappa shape index (κ2) is 6.01. The average Bonchev–Trinajstić information content (AvgIpc) is 3.05. The zero-order valence-corrected chi connectivity index (χ0v) is 14.1. The lowest BCUT2D eigenvalue weighted by Gasteiger charge is -2.09. The summed E-state index contributed by atoms with van der Waals surface area (Å²) in [5.41, 5.74) is 2.44. The van der Waals surface area contributed by atoms with Crippen molar-refractivity contribution in [2.75, 3.05) is 5.32 Å². The molecule has 0 radical (unpaired) electrons. The fourth-order valence-electron chi connectivity index (χ4n) is 2.46. The predicted octanol–water partition coefficient (Wildman–Crippen LogP) is 4.91. The molecule has 3 aromatic rings. The minimum absolute atomic E-state index is 0.185. The Bertz CT molecular complexity index is 817. The Kier molecular flexibility index (Phi) is 4.07. The Labute approximate surface area is 137 Å². The number of aromatic nitrogens is 1. The molecule has 2 heterocycles. The molecule has 3 rings (SSSR count). The molecular formula is C17H17BrN2O2. The van der Waals surface area contributed by atoms with Crippen molar-refractivity contribution in [3.63, 3.8) is 0 Å². The lowest BCUT2D eigenvalue weighted by molar-refractivity contribution is 0.102. The normalized spacial score (nSPS) is 11.3. The first-order valence-corrected chi connectivity index (χ1v) is 7.96. The summed E-state index contributed by atoms with van der Waals surface area (Å²) in [4.78, 5) is 12.1. The number of carbonyl (C=O) groups excluding carboxylic acids is 1. The van der Waals surface area contributed by atoms with E-state index in [2.05, 4.69) is 51.9 Å². The molecule has 0 spiro atoms. The molecule has 0 aliphatic heterocycles. The van der Waals surface area contributed by atoms with Crippen LogP contribution in [0.5, 0.6) is 0 Å². The molecule has 5 heteroatoms. The molecular weight excluding hydrogens is 344 g/mol. The monoisotopic (exact) mass is 360 g/mol. The Morgan fingerprint density at radius 2 is 2.14 bits per heavy atom. The van der Waals surface area contributed by atoms with E-state index in [9.17, 15) is 4.79 Å². The molecule has 1 amide bonds. The van der Waals surface area contributed by atoms with Crippen molar-refractivity contribution in [3.05, 3.63) is 53.0 Å². The molecule has 0 aliphatic carbocycles. The van der Waals surface area contributed by atoms with Gasteiger partial charge in [-0.3, -0.25) is 4.79 Å². The van der Waals surface area contributed by atoms with E-state index in [-0.39, 0.29) is 5.91 Å². The Balaban J connectivity index is 1.82. The standard InChI is InChI=1S/C17H17BrN2O2/c1-11(2)9-20-6-5-12-7-14(3-4-15(12)20)19-17(21)13-8-16(18)22-10-13/h3-8,10-11H,9H2,1-2H3,(H,19,21). The molecule has 2 aromatic heterocycles. The van der Waals surface area contributed by atoms with Gasteiger partial charge in [-0.05, 0) is 46.1 Å². The van der Waals surface area contributed by atoms with Crippen molar-refractivity contribution < 1.29 is 9.21 Å². The number of amides is 1. The first-order valence-electron chi connectivity index (χ1n) is 7.17. The van der Waals surface area contributed by atoms with Gasteiger partial charge in [-0.2, -0.15) is 0 Å². The predicted molar refractivity (Wildman–Crippen MR) is 91.1 cm³/mol. The van der Waals surface area contributed by atoms with Crippen LogP contribution in [0.3, 0.4) is 0 Å². The topological polar surface area (TPSA) is 47.2 Å². The molecule has 0 atom stereocenters. The van der Waals surface area contributed by atoms with E-state index in [1.165, 1.54) is 11.8 Å². The number of anilines is 1. The minimum Gasteiger partial charge on any atom is -0.457 e. The molecule has 0 unspecified atom stereocenters. The second-order valence-corrected chi connectivity index (χ2v) is 6.51. The van der Waals surface area contributed by atoms with Gasteiger partial charge in [0, 0.05) is 35.4 Å². The summed E-state index contributed by atoms with van der Waals surface area (Å²) < 4.78 is 7.86. The zero-order chi connectivity index (χ0) is 15.7. The highest BCUT2D eigenvalue weighted by atomic mass is 79.9. The van der Waals surface area contributed by atoms with Crippen LogP contribution in [0.15, 0.2) is 51.9 Å². The van der Waals surface area contributed by atoms with Crippen molar-refractivity contribution in [3.8, 4) is 0 Å². The number of carbonyl (C=O) groups is 1. The van der Waals surface area contributed by atoms with Gasteiger partial charge in [0.1, 0.15) is 6.26 Å². The summed E-state index contributed by atoms with van der Waals surface area (Å²) in [5, 5.41) is 4.00. The van der Waals surface area contributed by atoms with E-state index in [0.717, 1.165) is 17.6 Å². The third-order valence-corrected chi connectivity index (χ3v) is 3.84. The third-order valence-electron chi connectivity index (χ3n) is 3.42. The van der Waals surface area contributed by atoms with Gasteiger partial charge in [0.25, 0.3) is 5.91 Å². The van der Waals surface area contributed by atoms with Crippen molar-refractivity contribution >= 4 is 38.4 Å². The molecule has 4 nitrogen and oxygen atoms in total. The van der Waals surface area contributed by atoms with Gasteiger partial charge in [-0.1, -0.05) is 13.8 Å². The van der Waals surface area contributed by atoms with Gasteiger partial charge < -0.3 is 14.3 Å². The molecule has 0 saturated heterocycles. The van der Waals surface area contributed by atoms with Gasteiger partial charge in [0.2, 0.25) is 0 Å². The van der Waals surface area contributed by atoms with Crippen LogP contribution in [0, 0.1) is 5.92 Å². The molecule has 1 aromatic carbocycles. The summed E-state index contributed by atoms with van der Waals surface area (Å²) >= 11 is 3.19. The number of halogens is 1. The van der Waals surface area contributed by atoms with Gasteiger partial charge in [0.15, 0.2) is 4.67 Å². The number of nitrogens with one attached hydrogen (secondary N) is 1. The van der Waals surface area contributed by atoms with Crippen LogP contribution < -0.4 is 5.32 Å². The summed E-state index contributed by atoms with van der Waals surface area (Å²) in [7, 11) is 0. The van der Waals surface area contributed by atoms with Crippen molar-refractivity contribution in [1.82, 2.24) is 4.57 Å². The summed E-state index contributed by atoms with van der Waals surface area (Å²) in [5.74, 6) is 0.407. The number of fused-ring (bicyclic) bond motifs is 1. The van der Waals surface area contributed by atoms with E-state index >= 15 is 0 Å². The maximum Gasteiger partial charge on any atom is 0.258 e. The lowest BCUT2D eigenvalue weighted by Crippen LogP contribution is -2.10. The summed E-state index contributed by atoms with van der Waals surface area (Å²) in [6.45, 7) is 5.38. The van der Waals surface area contributed by atoms with E-state index in [1.807, 2.05) is 18.2 Å². The number of nitrogens with zero attached hydrogens (tertiary/aromatic N) is 1. The smallest absolute Gasteiger partial charge is 0.258 e. The summed E-state index contributed by atoms with van der Waals surface area (Å²) in [6.07, 6.45) is 3.51. The third kappa shape index (κ3) is 3.09. The quantitative estimate of drug-likeness (QED) is 0.718. The SMILES string of the molecule is CC(C)Cn1ccc2cc(NC(=O)c3coc(Br)c3)ccc21. The zero-order valence-electron chi connectivity index (χ0n) is 12.5. The summed E-state index contributed by atoms with van der Waals surface area (Å²) in [6, 6.07) is 9.67. The fraction of sp³-hybridized carbons (Fsp3) is 0.235. The van der Waals surface area contributed by atoms with Crippen LogP contribution >= 0.6 is 15.9 Å². The van der Waals surface area contributed by atoms with Gasteiger partial charge in [0.05, 0.1) is 5.56 Å². The Morgan fingerprint density at radius 1 is 1.32 bits per heavy atom. The number of furan rings is 1. The van der Waals surface area contributed by atoms with Crippen molar-refractivity contribution in [2.24, 2.45) is 5.92 Å². The molecule has 0 fully saturated rings. The number of benzene rings is 1. The van der Waals surface area contributed by atoms with E-state index in [0.29, 0.717) is 16.2 Å². The first-order chi connectivity index (χ1) is 10.5. The largest absolute Gasteiger partial charge is 0.457 e. The molecule has 0 bridgehead atoms. The van der Waals surface area contributed by atoms with Crippen LogP contribution in [-0.4, -0.2) is 10.5 Å². The second-order valence-electron chi connectivity index (χ2n) is 5.73. The molecule has 1 N–H and O–H groups in total. The van der Waals surface area contributed by atoms with Gasteiger partial charge >= 0.3 is 0 Å². The Morgan fingerprint density at radius 3 is 2.82 bits per heavy atom. The highest BCUT2D eigenvalue weighted by Crippen LogP contribution is 2.22. The number of hydrogen-bond acceptors (Lipinski definition) is 2. The van der Waals surface area contributed by atoms with Crippen molar-refractivity contribution in [1.29, 1.82) is 0 Å². The maximum absolute atomic E-state index is 12.1. The van der Waals surface area contributed by atoms with Gasteiger partial charge in [-0.25, -0.2) is 0 Å². The highest BCUT2D eigenvalue weighted by molar-refractivity contribution is 9.10. The minimum atomic E-state index is -0.185. The lowest BCUT2D eigenvalue weighted by atomic mass is 10.2. The van der Waals surface area contributed by atoms with Crippen molar-refractivity contribution in [2.45, 2.75) is 20.4 Å². The molecule has 22 heavy (non-hydrogen) atoms. The highest BCUT2D eigenvalue weighted by Gasteiger charge is 2.10. The van der Waals surface area contributed by atoms with Crippen LogP contribution in [0.25, 0.3) is 10.9 Å². The Hall–Kier alpha value is -2.01. The van der Waals surface area contributed by atoms with E-state index in [1.54, 1.807) is 6.07 Å². The average molecular weight is 361 g/mol. The molecule has 114 valence electrons. The maximum atomic E-state index is 12.1. The fourth-order valence-corrected chi connectivity index (χ4v) is 2.80. The first kappa shape index (κ1) is 14.9. The van der Waals surface area contributed by atoms with E-state index in [4.69, 9.17) is 4.42 Å². The molecule has 0 saturated carbocycles. The van der Waals surface area contributed by atoms with E-state index < -0.39 is 0 Å². The number of hydrogen-bond donors (Lipinski definition) is 1. The van der Waals surface area contributed by atoms with Crippen LogP contribution in [0.4, 0.5) is 5.69 Å². The van der Waals surface area contributed by atoms with Crippen LogP contribution in [-0.2, 0) is 6.54 Å². The van der Waals surface area contributed by atoms with Gasteiger partial charge in [-0.15, -0.1) is 0 Å².